The molecule has 2 aromatic carbocycles. The van der Waals surface area contributed by atoms with Crippen LogP contribution in [-0.2, 0) is 0 Å². The van der Waals surface area contributed by atoms with Crippen LogP contribution in [0.3, 0.4) is 0 Å². The molecule has 0 atom stereocenters. The van der Waals surface area contributed by atoms with Gasteiger partial charge in [-0.05, 0) is 55.2 Å². The number of aryl methyl sites for hydroxylation is 1. The second-order valence-electron chi connectivity index (χ2n) is 6.92. The second-order valence-corrected chi connectivity index (χ2v) is 6.92. The van der Waals surface area contributed by atoms with Crippen LogP contribution >= 0.6 is 0 Å². The molecule has 0 spiro atoms. The predicted octanol–water partition coefficient (Wildman–Crippen LogP) is 6.60. The van der Waals surface area contributed by atoms with E-state index >= 15 is 0 Å². The maximum Gasteiger partial charge on any atom is 0.0630 e. The first-order valence-corrected chi connectivity index (χ1v) is 9.11. The topological polar surface area (TPSA) is 4.93 Å². The fourth-order valence-corrected chi connectivity index (χ4v) is 3.90. The fraction of sp³-hybridized carbons (Fsp3) is 0.120. The first kappa shape index (κ1) is 15.0. The van der Waals surface area contributed by atoms with Gasteiger partial charge in [-0.3, -0.25) is 0 Å². The Morgan fingerprint density at radius 2 is 1.81 bits per heavy atom. The molecule has 0 radical (unpaired) electrons. The zero-order valence-corrected chi connectivity index (χ0v) is 14.8. The highest BCUT2D eigenvalue weighted by molar-refractivity contribution is 5.99. The second kappa shape index (κ2) is 5.93. The lowest BCUT2D eigenvalue weighted by atomic mass is 10.0. The third kappa shape index (κ3) is 2.35. The van der Waals surface area contributed by atoms with E-state index in [-0.39, 0.29) is 0 Å². The average molecular weight is 333 g/mol. The highest BCUT2D eigenvalue weighted by atomic mass is 15.0. The van der Waals surface area contributed by atoms with Crippen molar-refractivity contribution in [2.45, 2.75) is 19.8 Å². The van der Waals surface area contributed by atoms with Gasteiger partial charge in [0.2, 0.25) is 0 Å². The molecule has 3 aromatic rings. The Balaban J connectivity index is 1.78. The van der Waals surface area contributed by atoms with Crippen LogP contribution < -0.4 is 0 Å². The largest absolute Gasteiger partial charge is 0.309 e. The molecule has 1 nitrogen and oxygen atoms in total. The first-order chi connectivity index (χ1) is 12.8. The van der Waals surface area contributed by atoms with Crippen LogP contribution in [0.5, 0.6) is 0 Å². The zero-order chi connectivity index (χ0) is 17.5. The third-order valence-corrected chi connectivity index (χ3v) is 5.14. The quantitative estimate of drug-likeness (QED) is 0.364. The smallest absolute Gasteiger partial charge is 0.0630 e. The summed E-state index contributed by atoms with van der Waals surface area (Å²) < 4.78 is 2.35. The Morgan fingerprint density at radius 1 is 0.923 bits per heavy atom. The van der Waals surface area contributed by atoms with E-state index in [2.05, 4.69) is 89.7 Å². The van der Waals surface area contributed by atoms with Crippen LogP contribution in [0.1, 0.15) is 29.7 Å². The molecule has 0 fully saturated rings. The van der Waals surface area contributed by atoms with Crippen LogP contribution in [0.15, 0.2) is 72.2 Å². The van der Waals surface area contributed by atoms with Crippen LogP contribution in [-0.4, -0.2) is 4.57 Å². The molecule has 124 valence electrons. The van der Waals surface area contributed by atoms with E-state index in [9.17, 15) is 0 Å². The van der Waals surface area contributed by atoms with Crippen molar-refractivity contribution in [3.8, 4) is 11.1 Å². The molecule has 0 unspecified atom stereocenters. The summed E-state index contributed by atoms with van der Waals surface area (Å²) in [5.41, 5.74) is 15.0. The summed E-state index contributed by atoms with van der Waals surface area (Å²) in [5.74, 6) is 0. The van der Waals surface area contributed by atoms with E-state index < -0.39 is 0 Å². The Bertz CT molecular complexity index is 1200. The summed E-state index contributed by atoms with van der Waals surface area (Å²) in [6, 6.07) is 15.5. The fourth-order valence-electron chi connectivity index (χ4n) is 3.90. The van der Waals surface area contributed by atoms with E-state index in [1.165, 1.54) is 44.5 Å². The van der Waals surface area contributed by atoms with Crippen molar-refractivity contribution in [3.63, 3.8) is 0 Å². The number of aromatic nitrogens is 1. The number of hydrogen-bond donors (Lipinski definition) is 0. The Labute approximate surface area is 153 Å². The summed E-state index contributed by atoms with van der Waals surface area (Å²) in [6.07, 6.45) is 13.1. The van der Waals surface area contributed by atoms with Gasteiger partial charge in [0.05, 0.1) is 11.2 Å². The lowest BCUT2D eigenvalue weighted by Crippen LogP contribution is -2.00. The molecule has 0 bridgehead atoms. The Kier molecular flexibility index (Phi) is 3.43. The number of hydrogen-bond acceptors (Lipinski definition) is 0. The lowest BCUT2D eigenvalue weighted by Gasteiger charge is -2.13. The van der Waals surface area contributed by atoms with Gasteiger partial charge in [0.1, 0.15) is 0 Å². The van der Waals surface area contributed by atoms with Crippen LogP contribution in [0, 0.1) is 6.92 Å². The normalized spacial score (nSPS) is 14.7. The van der Waals surface area contributed by atoms with Gasteiger partial charge in [-0.2, -0.15) is 0 Å². The molecule has 2 aliphatic rings. The van der Waals surface area contributed by atoms with Crippen molar-refractivity contribution < 1.29 is 0 Å². The number of fused-ring (bicyclic) bond motifs is 3. The maximum absolute atomic E-state index is 3.14. The third-order valence-electron chi connectivity index (χ3n) is 5.14. The SMILES string of the molecule is Cc1cccc(-c2ccc3c(c2)c2c(n3C3=CCCC=C3)C=C=C=C2)c1. The molecule has 1 heterocycles. The molecule has 0 N–H and O–H groups in total. The number of benzene rings is 2. The van der Waals surface area contributed by atoms with Crippen molar-refractivity contribution in [2.24, 2.45) is 0 Å². The van der Waals surface area contributed by atoms with E-state index in [4.69, 9.17) is 0 Å². The van der Waals surface area contributed by atoms with Gasteiger partial charge in [0.15, 0.2) is 0 Å². The minimum absolute atomic E-state index is 1.09. The standard InChI is InChI=1S/C25H19N/c1-18-8-7-9-19(16-18)20-14-15-25-23(17-20)22-12-5-6-13-24(22)26(25)21-10-3-2-4-11-21/h3,7-17H,2,4H2,1H3. The molecule has 0 saturated heterocycles. The zero-order valence-electron chi connectivity index (χ0n) is 14.8. The lowest BCUT2D eigenvalue weighted by molar-refractivity contribution is 1.01. The van der Waals surface area contributed by atoms with Gasteiger partial charge in [0.25, 0.3) is 0 Å². The highest BCUT2D eigenvalue weighted by Gasteiger charge is 2.18. The van der Waals surface area contributed by atoms with Crippen molar-refractivity contribution in [3.05, 3.63) is 89.0 Å². The van der Waals surface area contributed by atoms with Gasteiger partial charge >= 0.3 is 0 Å². The first-order valence-electron chi connectivity index (χ1n) is 9.11. The van der Waals surface area contributed by atoms with Gasteiger partial charge in [-0.15, -0.1) is 0 Å². The molecule has 0 saturated carbocycles. The monoisotopic (exact) mass is 333 g/mol. The molecule has 0 aliphatic heterocycles. The van der Waals surface area contributed by atoms with Gasteiger partial charge in [0, 0.05) is 22.7 Å². The number of rotatable bonds is 2. The van der Waals surface area contributed by atoms with E-state index in [0.29, 0.717) is 0 Å². The average Bonchev–Trinajstić information content (AvgIpc) is 3.02. The van der Waals surface area contributed by atoms with E-state index in [1.807, 2.05) is 6.08 Å². The van der Waals surface area contributed by atoms with Gasteiger partial charge in [-0.1, -0.05) is 59.5 Å². The van der Waals surface area contributed by atoms with Crippen LogP contribution in [0.2, 0.25) is 0 Å². The summed E-state index contributed by atoms with van der Waals surface area (Å²) in [4.78, 5) is 0. The highest BCUT2D eigenvalue weighted by Crippen LogP contribution is 2.36. The van der Waals surface area contributed by atoms with Crippen LogP contribution in [0.25, 0.3) is 39.9 Å². The molecule has 26 heavy (non-hydrogen) atoms. The molecular formula is C25H19N. The maximum atomic E-state index is 3.14. The van der Waals surface area contributed by atoms with Gasteiger partial charge < -0.3 is 4.57 Å². The predicted molar refractivity (Wildman–Crippen MR) is 111 cm³/mol. The minimum atomic E-state index is 1.09. The van der Waals surface area contributed by atoms with Gasteiger partial charge in [-0.25, -0.2) is 0 Å². The molecule has 2 aliphatic carbocycles. The summed E-state index contributed by atoms with van der Waals surface area (Å²) in [6.45, 7) is 2.14. The number of nitrogens with zero attached hydrogens (tertiary/aromatic N) is 1. The van der Waals surface area contributed by atoms with E-state index in [0.717, 1.165) is 12.8 Å². The Hall–Kier alpha value is -3.24. The van der Waals surface area contributed by atoms with Crippen molar-refractivity contribution >= 4 is 28.8 Å². The molecule has 0 amide bonds. The summed E-state index contributed by atoms with van der Waals surface area (Å²) in [7, 11) is 0. The summed E-state index contributed by atoms with van der Waals surface area (Å²) >= 11 is 0. The molecular weight excluding hydrogens is 314 g/mol. The van der Waals surface area contributed by atoms with Crippen molar-refractivity contribution in [2.75, 3.05) is 0 Å². The summed E-state index contributed by atoms with van der Waals surface area (Å²) in [5, 5.41) is 1.27. The number of allylic oxidation sites excluding steroid dienone is 4. The van der Waals surface area contributed by atoms with E-state index in [1.54, 1.807) is 0 Å². The molecule has 1 aromatic heterocycles. The van der Waals surface area contributed by atoms with Crippen LogP contribution in [0.4, 0.5) is 0 Å². The van der Waals surface area contributed by atoms with Crippen molar-refractivity contribution in [1.29, 1.82) is 0 Å². The molecule has 1 heteroatoms. The minimum Gasteiger partial charge on any atom is -0.309 e. The molecule has 5 rings (SSSR count). The van der Waals surface area contributed by atoms with Crippen molar-refractivity contribution in [1.82, 2.24) is 4.57 Å². The Morgan fingerprint density at radius 3 is 2.65 bits per heavy atom.